The molecule has 0 aliphatic rings. The third kappa shape index (κ3) is 2.37. The van der Waals surface area contributed by atoms with E-state index in [1.807, 2.05) is 18.2 Å². The lowest BCUT2D eigenvalue weighted by Crippen LogP contribution is -1.88. The van der Waals surface area contributed by atoms with E-state index in [9.17, 15) is 0 Å². The first-order valence-electron chi connectivity index (χ1n) is 4.88. The molecule has 0 bridgehead atoms. The van der Waals surface area contributed by atoms with Crippen LogP contribution in [0.1, 0.15) is 11.3 Å². The van der Waals surface area contributed by atoms with Gasteiger partial charge in [-0.25, -0.2) is 0 Å². The molecule has 1 aromatic heterocycles. The summed E-state index contributed by atoms with van der Waals surface area (Å²) in [5.41, 5.74) is 4.28. The summed E-state index contributed by atoms with van der Waals surface area (Å²) in [4.78, 5) is 4.46. The zero-order chi connectivity index (χ0) is 10.7. The minimum absolute atomic E-state index is 0.458. The number of nitrogens with zero attached hydrogens (tertiary/aromatic N) is 1. The van der Waals surface area contributed by atoms with Crippen LogP contribution in [0.4, 0.5) is 0 Å². The number of hydrogen-bond acceptors (Lipinski definition) is 1. The van der Waals surface area contributed by atoms with Gasteiger partial charge in [0.25, 0.3) is 0 Å². The maximum Gasteiger partial charge on any atom is 0.0705 e. The molecule has 0 unspecified atom stereocenters. The van der Waals surface area contributed by atoms with Gasteiger partial charge in [0.05, 0.1) is 17.3 Å². The highest BCUT2D eigenvalue weighted by molar-refractivity contribution is 6.16. The third-order valence-corrected chi connectivity index (χ3v) is 2.56. The summed E-state index contributed by atoms with van der Waals surface area (Å²) in [5.74, 6) is 0.458. The molecule has 76 valence electrons. The van der Waals surface area contributed by atoms with Gasteiger partial charge in [-0.1, -0.05) is 35.9 Å². The van der Waals surface area contributed by atoms with Crippen molar-refractivity contribution in [2.24, 2.45) is 0 Å². The molecule has 0 fully saturated rings. The van der Waals surface area contributed by atoms with Gasteiger partial charge in [0.15, 0.2) is 0 Å². The quantitative estimate of drug-likeness (QED) is 0.698. The highest BCUT2D eigenvalue weighted by atomic mass is 35.5. The van der Waals surface area contributed by atoms with Crippen molar-refractivity contribution in [3.63, 3.8) is 0 Å². The predicted octanol–water partition coefficient (Wildman–Crippen LogP) is 3.80. The molecule has 0 aliphatic carbocycles. The molecule has 2 heteroatoms. The Hall–Kier alpha value is -1.34. The second-order valence-electron chi connectivity index (χ2n) is 3.51. The normalized spacial score (nSPS) is 10.3. The smallest absolute Gasteiger partial charge is 0.0705 e. The fourth-order valence-corrected chi connectivity index (χ4v) is 1.59. The second kappa shape index (κ2) is 4.45. The molecule has 0 amide bonds. The summed E-state index contributed by atoms with van der Waals surface area (Å²) in [7, 11) is 0. The third-order valence-electron chi connectivity index (χ3n) is 2.29. The van der Waals surface area contributed by atoms with E-state index < -0.39 is 0 Å². The summed E-state index contributed by atoms with van der Waals surface area (Å²) in [6, 6.07) is 14.3. The van der Waals surface area contributed by atoms with Crippen LogP contribution in [0, 0.1) is 6.92 Å². The molecule has 1 aromatic carbocycles. The van der Waals surface area contributed by atoms with E-state index in [0.29, 0.717) is 5.88 Å². The predicted molar refractivity (Wildman–Crippen MR) is 64.0 cm³/mol. The molecule has 0 radical (unpaired) electrons. The zero-order valence-corrected chi connectivity index (χ0v) is 9.33. The Balaban J connectivity index is 2.40. The van der Waals surface area contributed by atoms with Gasteiger partial charge in [-0.3, -0.25) is 4.98 Å². The van der Waals surface area contributed by atoms with E-state index in [2.05, 4.69) is 36.2 Å². The average Bonchev–Trinajstić information content (AvgIpc) is 2.30. The molecule has 15 heavy (non-hydrogen) atoms. The Morgan fingerprint density at radius 3 is 2.47 bits per heavy atom. The number of halogens is 1. The van der Waals surface area contributed by atoms with E-state index in [0.717, 1.165) is 17.0 Å². The van der Waals surface area contributed by atoms with Crippen molar-refractivity contribution in [3.05, 3.63) is 53.7 Å². The molecule has 0 aliphatic heterocycles. The van der Waals surface area contributed by atoms with E-state index >= 15 is 0 Å². The fraction of sp³-hybridized carbons (Fsp3) is 0.154. The van der Waals surface area contributed by atoms with Gasteiger partial charge in [0.1, 0.15) is 0 Å². The molecule has 0 saturated carbocycles. The van der Waals surface area contributed by atoms with Crippen molar-refractivity contribution in [1.29, 1.82) is 0 Å². The van der Waals surface area contributed by atoms with E-state index in [-0.39, 0.29) is 0 Å². The summed E-state index contributed by atoms with van der Waals surface area (Å²) in [6.45, 7) is 2.08. The number of alkyl halides is 1. The maximum absolute atomic E-state index is 5.75. The lowest BCUT2D eigenvalue weighted by molar-refractivity contribution is 1.17. The van der Waals surface area contributed by atoms with E-state index in [1.165, 1.54) is 5.56 Å². The topological polar surface area (TPSA) is 12.9 Å². The number of aromatic nitrogens is 1. The van der Waals surface area contributed by atoms with Crippen molar-refractivity contribution in [2.45, 2.75) is 12.8 Å². The Bertz CT molecular complexity index is 448. The van der Waals surface area contributed by atoms with Crippen LogP contribution in [0.15, 0.2) is 42.5 Å². The zero-order valence-electron chi connectivity index (χ0n) is 8.57. The van der Waals surface area contributed by atoms with Crippen LogP contribution in [0.5, 0.6) is 0 Å². The molecular weight excluding hydrogens is 206 g/mol. The van der Waals surface area contributed by atoms with E-state index in [4.69, 9.17) is 11.6 Å². The molecule has 0 saturated heterocycles. The van der Waals surface area contributed by atoms with Gasteiger partial charge < -0.3 is 0 Å². The minimum atomic E-state index is 0.458. The van der Waals surface area contributed by atoms with Crippen molar-refractivity contribution in [2.75, 3.05) is 0 Å². The van der Waals surface area contributed by atoms with E-state index in [1.54, 1.807) is 0 Å². The van der Waals surface area contributed by atoms with Gasteiger partial charge in [-0.15, -0.1) is 11.6 Å². The summed E-state index contributed by atoms with van der Waals surface area (Å²) in [5, 5.41) is 0. The first kappa shape index (κ1) is 10.2. The highest BCUT2D eigenvalue weighted by Gasteiger charge is 1.99. The lowest BCUT2D eigenvalue weighted by Gasteiger charge is -2.02. The Morgan fingerprint density at radius 2 is 1.80 bits per heavy atom. The van der Waals surface area contributed by atoms with Crippen LogP contribution in [-0.2, 0) is 5.88 Å². The largest absolute Gasteiger partial charge is 0.252 e. The SMILES string of the molecule is Cc1ccc(-c2cccc(CCl)n2)cc1. The van der Waals surface area contributed by atoms with Crippen LogP contribution in [-0.4, -0.2) is 4.98 Å². The number of rotatable bonds is 2. The molecule has 1 nitrogen and oxygen atoms in total. The van der Waals surface area contributed by atoms with Crippen molar-refractivity contribution in [1.82, 2.24) is 4.98 Å². The molecule has 0 spiro atoms. The molecular formula is C13H12ClN. The van der Waals surface area contributed by atoms with Crippen LogP contribution in [0.2, 0.25) is 0 Å². The maximum atomic E-state index is 5.75. The van der Waals surface area contributed by atoms with Gasteiger partial charge >= 0.3 is 0 Å². The fourth-order valence-electron chi connectivity index (χ4n) is 1.44. The monoisotopic (exact) mass is 217 g/mol. The Kier molecular flexibility index (Phi) is 3.02. The first-order chi connectivity index (χ1) is 7.29. The molecule has 2 aromatic rings. The lowest BCUT2D eigenvalue weighted by atomic mass is 10.1. The molecule has 0 atom stereocenters. The number of benzene rings is 1. The molecule has 0 N–H and O–H groups in total. The van der Waals surface area contributed by atoms with Gasteiger partial charge in [0, 0.05) is 5.56 Å². The highest BCUT2D eigenvalue weighted by Crippen LogP contribution is 2.18. The number of aryl methyl sites for hydroxylation is 1. The standard InChI is InChI=1S/C13H12ClN/c1-10-5-7-11(8-6-10)13-4-2-3-12(9-14)15-13/h2-8H,9H2,1H3. The first-order valence-corrected chi connectivity index (χ1v) is 5.42. The van der Waals surface area contributed by atoms with Crippen LogP contribution < -0.4 is 0 Å². The Labute approximate surface area is 94.7 Å². The summed E-state index contributed by atoms with van der Waals surface area (Å²) in [6.07, 6.45) is 0. The van der Waals surface area contributed by atoms with Crippen LogP contribution in [0.25, 0.3) is 11.3 Å². The Morgan fingerprint density at radius 1 is 1.07 bits per heavy atom. The molecule has 2 rings (SSSR count). The second-order valence-corrected chi connectivity index (χ2v) is 3.78. The van der Waals surface area contributed by atoms with Gasteiger partial charge in [-0.2, -0.15) is 0 Å². The average molecular weight is 218 g/mol. The summed E-state index contributed by atoms with van der Waals surface area (Å²) < 4.78 is 0. The van der Waals surface area contributed by atoms with Crippen LogP contribution in [0.3, 0.4) is 0 Å². The number of hydrogen-bond donors (Lipinski definition) is 0. The minimum Gasteiger partial charge on any atom is -0.252 e. The van der Waals surface area contributed by atoms with Crippen molar-refractivity contribution >= 4 is 11.6 Å². The van der Waals surface area contributed by atoms with Gasteiger partial charge in [-0.05, 0) is 19.1 Å². The van der Waals surface area contributed by atoms with Gasteiger partial charge in [0.2, 0.25) is 0 Å². The van der Waals surface area contributed by atoms with Crippen molar-refractivity contribution in [3.8, 4) is 11.3 Å². The van der Waals surface area contributed by atoms with Crippen molar-refractivity contribution < 1.29 is 0 Å². The number of pyridine rings is 1. The van der Waals surface area contributed by atoms with Crippen LogP contribution >= 0.6 is 11.6 Å². The summed E-state index contributed by atoms with van der Waals surface area (Å²) >= 11 is 5.75. The molecule has 1 heterocycles.